The Bertz CT molecular complexity index is 578. The molecule has 7 heteroatoms. The van der Waals surface area contributed by atoms with Crippen LogP contribution in [0.5, 0.6) is 0 Å². The SMILES string of the molecule is CNCCNC(=O)c1ccc(N(C)c2ccccc2)nc1.Cl.Cl. The molecule has 5 nitrogen and oxygen atoms in total. The van der Waals surface area contributed by atoms with Crippen LogP contribution in [0.1, 0.15) is 10.4 Å². The number of rotatable bonds is 6. The smallest absolute Gasteiger partial charge is 0.252 e. The zero-order chi connectivity index (χ0) is 15.1. The summed E-state index contributed by atoms with van der Waals surface area (Å²) in [5.74, 6) is 0.694. The summed E-state index contributed by atoms with van der Waals surface area (Å²) in [7, 11) is 3.80. The van der Waals surface area contributed by atoms with E-state index in [-0.39, 0.29) is 30.7 Å². The van der Waals surface area contributed by atoms with Gasteiger partial charge in [0.1, 0.15) is 5.82 Å². The highest BCUT2D eigenvalue weighted by molar-refractivity contribution is 5.94. The van der Waals surface area contributed by atoms with Crippen LogP contribution < -0.4 is 15.5 Å². The molecule has 0 aliphatic rings. The number of halogens is 2. The zero-order valence-electron chi connectivity index (χ0n) is 13.2. The Morgan fingerprint density at radius 3 is 2.35 bits per heavy atom. The molecular weight excluding hydrogens is 335 g/mol. The molecule has 2 N–H and O–H groups in total. The van der Waals surface area contributed by atoms with Crippen molar-refractivity contribution >= 4 is 42.2 Å². The number of nitrogens with zero attached hydrogens (tertiary/aromatic N) is 2. The fraction of sp³-hybridized carbons (Fsp3) is 0.250. The first kappa shape index (κ1) is 21.2. The van der Waals surface area contributed by atoms with Gasteiger partial charge >= 0.3 is 0 Å². The number of hydrogen-bond acceptors (Lipinski definition) is 4. The monoisotopic (exact) mass is 356 g/mol. The van der Waals surface area contributed by atoms with Crippen LogP contribution in [0.15, 0.2) is 48.7 Å². The van der Waals surface area contributed by atoms with Crippen molar-refractivity contribution in [2.45, 2.75) is 0 Å². The summed E-state index contributed by atoms with van der Waals surface area (Å²) in [5, 5.41) is 5.80. The van der Waals surface area contributed by atoms with Crippen LogP contribution >= 0.6 is 24.8 Å². The Kier molecular flexibility index (Phi) is 9.97. The topological polar surface area (TPSA) is 57.3 Å². The summed E-state index contributed by atoms with van der Waals surface area (Å²) in [6.45, 7) is 1.34. The number of carbonyl (C=O) groups excluding carboxylic acids is 1. The zero-order valence-corrected chi connectivity index (χ0v) is 14.8. The third-order valence-corrected chi connectivity index (χ3v) is 3.16. The van der Waals surface area contributed by atoms with E-state index in [4.69, 9.17) is 0 Å². The van der Waals surface area contributed by atoms with Gasteiger partial charge in [0, 0.05) is 32.0 Å². The molecule has 0 bridgehead atoms. The molecule has 0 atom stereocenters. The molecule has 23 heavy (non-hydrogen) atoms. The number of pyridine rings is 1. The molecule has 0 radical (unpaired) electrons. The number of hydrogen-bond donors (Lipinski definition) is 2. The quantitative estimate of drug-likeness (QED) is 0.781. The first-order chi connectivity index (χ1) is 10.2. The van der Waals surface area contributed by atoms with Gasteiger partial charge in [-0.15, -0.1) is 24.8 Å². The molecule has 0 unspecified atom stereocenters. The molecule has 2 rings (SSSR count). The van der Waals surface area contributed by atoms with Gasteiger partial charge in [-0.3, -0.25) is 4.79 Å². The van der Waals surface area contributed by atoms with Crippen molar-refractivity contribution in [2.75, 3.05) is 32.1 Å². The van der Waals surface area contributed by atoms with Gasteiger partial charge in [-0.05, 0) is 31.3 Å². The van der Waals surface area contributed by atoms with E-state index in [1.165, 1.54) is 0 Å². The van der Waals surface area contributed by atoms with E-state index in [0.717, 1.165) is 18.1 Å². The number of anilines is 2. The molecular formula is C16H22Cl2N4O. The maximum absolute atomic E-state index is 11.9. The summed E-state index contributed by atoms with van der Waals surface area (Å²) < 4.78 is 0. The third-order valence-electron chi connectivity index (χ3n) is 3.16. The Hall–Kier alpha value is -1.82. The van der Waals surface area contributed by atoms with Gasteiger partial charge in [-0.2, -0.15) is 0 Å². The van der Waals surface area contributed by atoms with Crippen LogP contribution in [-0.4, -0.2) is 38.1 Å². The second-order valence-corrected chi connectivity index (χ2v) is 4.66. The van der Waals surface area contributed by atoms with Gasteiger partial charge in [0.15, 0.2) is 0 Å². The fourth-order valence-corrected chi connectivity index (χ4v) is 1.91. The van der Waals surface area contributed by atoms with Crippen LogP contribution in [0.3, 0.4) is 0 Å². The lowest BCUT2D eigenvalue weighted by Crippen LogP contribution is -2.30. The number of likely N-dealkylation sites (N-methyl/N-ethyl adjacent to an activating group) is 1. The minimum Gasteiger partial charge on any atom is -0.351 e. The van der Waals surface area contributed by atoms with E-state index in [1.54, 1.807) is 12.3 Å². The summed E-state index contributed by atoms with van der Waals surface area (Å²) in [4.78, 5) is 18.2. The summed E-state index contributed by atoms with van der Waals surface area (Å²) in [6.07, 6.45) is 1.60. The van der Waals surface area contributed by atoms with E-state index < -0.39 is 0 Å². The Balaban J connectivity index is 0.00000242. The molecule has 1 aromatic carbocycles. The Labute approximate surface area is 149 Å². The number of aromatic nitrogens is 1. The summed E-state index contributed by atoms with van der Waals surface area (Å²) >= 11 is 0. The second-order valence-electron chi connectivity index (χ2n) is 4.66. The highest BCUT2D eigenvalue weighted by atomic mass is 35.5. The average molecular weight is 357 g/mol. The van der Waals surface area contributed by atoms with Crippen LogP contribution in [0.2, 0.25) is 0 Å². The molecule has 0 aliphatic carbocycles. The first-order valence-electron chi connectivity index (χ1n) is 6.90. The minimum absolute atomic E-state index is 0. The van der Waals surface area contributed by atoms with E-state index in [1.807, 2.05) is 55.4 Å². The van der Waals surface area contributed by atoms with Gasteiger partial charge in [-0.25, -0.2) is 4.98 Å². The van der Waals surface area contributed by atoms with Gasteiger partial charge in [0.05, 0.1) is 5.56 Å². The van der Waals surface area contributed by atoms with Crippen molar-refractivity contribution in [1.82, 2.24) is 15.6 Å². The molecule has 0 saturated carbocycles. The molecule has 0 fully saturated rings. The van der Waals surface area contributed by atoms with Crippen LogP contribution in [-0.2, 0) is 0 Å². The number of benzene rings is 1. The van der Waals surface area contributed by atoms with Crippen LogP contribution in [0, 0.1) is 0 Å². The van der Waals surface area contributed by atoms with E-state index in [9.17, 15) is 4.79 Å². The lowest BCUT2D eigenvalue weighted by Gasteiger charge is -2.18. The molecule has 1 heterocycles. The summed E-state index contributed by atoms with van der Waals surface area (Å²) in [5.41, 5.74) is 1.62. The van der Waals surface area contributed by atoms with Crippen LogP contribution in [0.25, 0.3) is 0 Å². The highest BCUT2D eigenvalue weighted by Crippen LogP contribution is 2.20. The van der Waals surface area contributed by atoms with Crippen molar-refractivity contribution in [3.05, 3.63) is 54.2 Å². The molecule has 2 aromatic rings. The standard InChI is InChI=1S/C16H20N4O.2ClH/c1-17-10-11-18-16(21)13-8-9-15(19-12-13)20(2)14-6-4-3-5-7-14;;/h3-9,12,17H,10-11H2,1-2H3,(H,18,21);2*1H. The number of para-hydroxylation sites is 1. The maximum Gasteiger partial charge on any atom is 0.252 e. The number of carbonyl (C=O) groups is 1. The van der Waals surface area contributed by atoms with Crippen molar-refractivity contribution in [2.24, 2.45) is 0 Å². The van der Waals surface area contributed by atoms with Gasteiger partial charge in [-0.1, -0.05) is 18.2 Å². The lowest BCUT2D eigenvalue weighted by atomic mass is 10.2. The van der Waals surface area contributed by atoms with Crippen molar-refractivity contribution in [3.8, 4) is 0 Å². The second kappa shape index (κ2) is 10.8. The van der Waals surface area contributed by atoms with E-state index in [0.29, 0.717) is 12.1 Å². The maximum atomic E-state index is 11.9. The molecule has 1 aromatic heterocycles. The normalized spacial score (nSPS) is 9.30. The number of amides is 1. The highest BCUT2D eigenvalue weighted by Gasteiger charge is 2.08. The van der Waals surface area contributed by atoms with Gasteiger partial charge in [0.2, 0.25) is 0 Å². The van der Waals surface area contributed by atoms with Crippen molar-refractivity contribution in [3.63, 3.8) is 0 Å². The Morgan fingerprint density at radius 1 is 1.09 bits per heavy atom. The molecule has 0 spiro atoms. The van der Waals surface area contributed by atoms with Crippen LogP contribution in [0.4, 0.5) is 11.5 Å². The van der Waals surface area contributed by atoms with Gasteiger partial charge < -0.3 is 15.5 Å². The van der Waals surface area contributed by atoms with E-state index in [2.05, 4.69) is 15.6 Å². The van der Waals surface area contributed by atoms with Gasteiger partial charge in [0.25, 0.3) is 5.91 Å². The average Bonchev–Trinajstić information content (AvgIpc) is 2.55. The predicted molar refractivity (Wildman–Crippen MR) is 99.5 cm³/mol. The number of nitrogens with one attached hydrogen (secondary N) is 2. The predicted octanol–water partition coefficient (Wildman–Crippen LogP) is 2.64. The molecule has 0 saturated heterocycles. The minimum atomic E-state index is -0.105. The molecule has 126 valence electrons. The first-order valence-corrected chi connectivity index (χ1v) is 6.90. The summed E-state index contributed by atoms with van der Waals surface area (Å²) in [6, 6.07) is 13.6. The molecule has 0 aliphatic heterocycles. The lowest BCUT2D eigenvalue weighted by molar-refractivity contribution is 0.0954. The largest absolute Gasteiger partial charge is 0.351 e. The fourth-order valence-electron chi connectivity index (χ4n) is 1.91. The third kappa shape index (κ3) is 6.06. The van der Waals surface area contributed by atoms with E-state index >= 15 is 0 Å². The van der Waals surface area contributed by atoms with Crippen molar-refractivity contribution in [1.29, 1.82) is 0 Å². The van der Waals surface area contributed by atoms with Crippen molar-refractivity contribution < 1.29 is 4.79 Å². The molecule has 1 amide bonds. The Morgan fingerprint density at radius 2 is 1.78 bits per heavy atom.